The number of nitrogens with one attached hydrogen (secondary N) is 1. The van der Waals surface area contributed by atoms with E-state index in [1.807, 2.05) is 0 Å². The normalized spacial score (nSPS) is 14.2. The molecule has 200 valence electrons. The molecule has 0 radical (unpaired) electrons. The van der Waals surface area contributed by atoms with Crippen LogP contribution in [0.25, 0.3) is 11.4 Å². The second kappa shape index (κ2) is 11.5. The van der Waals surface area contributed by atoms with E-state index in [9.17, 15) is 22.8 Å². The number of halogens is 3. The molecular weight excluding hydrogens is 509 g/mol. The van der Waals surface area contributed by atoms with E-state index in [0.29, 0.717) is 5.56 Å². The van der Waals surface area contributed by atoms with Gasteiger partial charge < -0.3 is 5.32 Å². The number of carbonyl (C=O) groups excluding carboxylic acids is 2. The van der Waals surface area contributed by atoms with Crippen molar-refractivity contribution in [1.29, 1.82) is 0 Å². The van der Waals surface area contributed by atoms with Gasteiger partial charge in [-0.3, -0.25) is 14.5 Å². The lowest BCUT2D eigenvalue weighted by Gasteiger charge is -2.32. The predicted molar refractivity (Wildman–Crippen MR) is 137 cm³/mol. The Bertz CT molecular complexity index is 1450. The molecule has 39 heavy (non-hydrogen) atoms. The maximum Gasteiger partial charge on any atom is 0.251 e. The van der Waals surface area contributed by atoms with Crippen molar-refractivity contribution >= 4 is 17.5 Å². The summed E-state index contributed by atoms with van der Waals surface area (Å²) >= 11 is 0. The van der Waals surface area contributed by atoms with Gasteiger partial charge in [-0.25, -0.2) is 13.2 Å². The summed E-state index contributed by atoms with van der Waals surface area (Å²) in [6.07, 6.45) is 3.59. The van der Waals surface area contributed by atoms with Crippen molar-refractivity contribution < 1.29 is 22.8 Å². The molecule has 3 aromatic carbocycles. The molecule has 0 bridgehead atoms. The highest BCUT2D eigenvalue weighted by atomic mass is 19.1. The fourth-order valence-corrected chi connectivity index (χ4v) is 4.71. The number of tetrazole rings is 1. The molecule has 0 saturated heterocycles. The first-order valence-corrected chi connectivity index (χ1v) is 12.6. The Morgan fingerprint density at radius 2 is 1.56 bits per heavy atom. The molecule has 4 aromatic rings. The number of rotatable bonds is 8. The predicted octanol–water partition coefficient (Wildman–Crippen LogP) is 4.59. The van der Waals surface area contributed by atoms with Gasteiger partial charge in [-0.1, -0.05) is 37.1 Å². The van der Waals surface area contributed by atoms with Crippen LogP contribution in [-0.4, -0.2) is 38.1 Å². The minimum atomic E-state index is -1.20. The van der Waals surface area contributed by atoms with E-state index in [2.05, 4.69) is 20.7 Å². The van der Waals surface area contributed by atoms with Crippen LogP contribution in [0, 0.1) is 17.5 Å². The molecule has 1 fully saturated rings. The van der Waals surface area contributed by atoms with Crippen LogP contribution in [0.3, 0.4) is 0 Å². The molecule has 1 atom stereocenters. The maximum absolute atomic E-state index is 14.2. The maximum atomic E-state index is 14.2. The largest absolute Gasteiger partial charge is 0.351 e. The van der Waals surface area contributed by atoms with Crippen molar-refractivity contribution in [2.24, 2.45) is 0 Å². The number of benzene rings is 3. The first-order valence-electron chi connectivity index (χ1n) is 12.6. The van der Waals surface area contributed by atoms with E-state index < -0.39 is 41.9 Å². The molecule has 0 spiro atoms. The molecule has 0 aliphatic heterocycles. The molecule has 2 amide bonds. The highest BCUT2D eigenvalue weighted by Gasteiger charge is 2.35. The van der Waals surface area contributed by atoms with Crippen LogP contribution in [0.15, 0.2) is 72.8 Å². The zero-order valence-electron chi connectivity index (χ0n) is 20.8. The Labute approximate surface area is 222 Å². The number of nitrogens with zero attached hydrogens (tertiary/aromatic N) is 5. The second-order valence-electron chi connectivity index (χ2n) is 9.31. The van der Waals surface area contributed by atoms with E-state index in [-0.39, 0.29) is 23.1 Å². The average molecular weight is 535 g/mol. The van der Waals surface area contributed by atoms with Crippen molar-refractivity contribution in [2.75, 3.05) is 4.90 Å². The summed E-state index contributed by atoms with van der Waals surface area (Å²) in [6.45, 7) is -0.451. The van der Waals surface area contributed by atoms with Crippen LogP contribution >= 0.6 is 0 Å². The Hall–Kier alpha value is -4.54. The minimum absolute atomic E-state index is 0.0108. The van der Waals surface area contributed by atoms with Gasteiger partial charge in [0.25, 0.3) is 5.91 Å². The lowest BCUT2D eigenvalue weighted by Crippen LogP contribution is -2.47. The van der Waals surface area contributed by atoms with Gasteiger partial charge >= 0.3 is 0 Å². The van der Waals surface area contributed by atoms with Crippen LogP contribution in [0.5, 0.6) is 0 Å². The Balaban J connectivity index is 1.51. The fraction of sp³-hybridized carbons (Fsp3) is 0.250. The first kappa shape index (κ1) is 26.1. The smallest absolute Gasteiger partial charge is 0.251 e. The molecule has 0 unspecified atom stereocenters. The topological polar surface area (TPSA) is 93.0 Å². The summed E-state index contributed by atoms with van der Waals surface area (Å²) in [5.41, 5.74) is 0.724. The summed E-state index contributed by atoms with van der Waals surface area (Å²) in [5, 5.41) is 14.9. The van der Waals surface area contributed by atoms with Crippen LogP contribution in [0.2, 0.25) is 0 Å². The third-order valence-electron chi connectivity index (χ3n) is 6.61. The summed E-state index contributed by atoms with van der Waals surface area (Å²) < 4.78 is 41.8. The van der Waals surface area contributed by atoms with Gasteiger partial charge in [-0.2, -0.15) is 4.80 Å². The molecule has 11 heteroatoms. The molecule has 1 heterocycles. The van der Waals surface area contributed by atoms with Crippen molar-refractivity contribution in [3.63, 3.8) is 0 Å². The van der Waals surface area contributed by atoms with Crippen LogP contribution < -0.4 is 10.2 Å². The summed E-state index contributed by atoms with van der Waals surface area (Å²) in [7, 11) is 0. The van der Waals surface area contributed by atoms with E-state index in [1.165, 1.54) is 71.6 Å². The second-order valence-corrected chi connectivity index (χ2v) is 9.31. The Kier molecular flexibility index (Phi) is 7.67. The van der Waals surface area contributed by atoms with Gasteiger partial charge in [0.1, 0.15) is 30.0 Å². The van der Waals surface area contributed by atoms with Crippen molar-refractivity contribution in [2.45, 2.75) is 44.3 Å². The van der Waals surface area contributed by atoms with Gasteiger partial charge in [-0.15, -0.1) is 10.2 Å². The van der Waals surface area contributed by atoms with E-state index in [4.69, 9.17) is 0 Å². The monoisotopic (exact) mass is 534 g/mol. The molecule has 8 nitrogen and oxygen atoms in total. The molecular formula is C28H25F3N6O2. The van der Waals surface area contributed by atoms with Crippen LogP contribution in [0.4, 0.5) is 18.9 Å². The van der Waals surface area contributed by atoms with Crippen LogP contribution in [0.1, 0.15) is 37.3 Å². The average Bonchev–Trinajstić information content (AvgIpc) is 3.61. The summed E-state index contributed by atoms with van der Waals surface area (Å²) in [6, 6.07) is 15.0. The van der Waals surface area contributed by atoms with Gasteiger partial charge in [0.2, 0.25) is 11.7 Å². The number of anilines is 1. The third kappa shape index (κ3) is 5.97. The van der Waals surface area contributed by atoms with Crippen molar-refractivity contribution in [3.05, 3.63) is 95.8 Å². The van der Waals surface area contributed by atoms with Crippen molar-refractivity contribution in [1.82, 2.24) is 25.5 Å². The lowest BCUT2D eigenvalue weighted by molar-refractivity contribution is -0.127. The highest BCUT2D eigenvalue weighted by molar-refractivity contribution is 6.01. The SMILES string of the molecule is O=C(NC1CCCC1)[C@H](c1ccc(F)cc1)N(C(=O)Cn1nnc(-c2ccccc2F)n1)c1ccc(F)cc1. The standard InChI is InChI=1S/C28H25F3N6O2/c29-19-11-9-18(10-12-19)26(28(39)32-21-5-1-2-6-21)37(22-15-13-20(30)14-16-22)25(38)17-36-34-27(33-35-36)23-7-3-4-8-24(23)31/h3-4,7-16,21,26H,1-2,5-6,17H2,(H,32,39)/t26-/m0/s1. The van der Waals surface area contributed by atoms with E-state index >= 15 is 0 Å². The quantitative estimate of drug-likeness (QED) is 0.357. The fourth-order valence-electron chi connectivity index (χ4n) is 4.71. The number of aromatic nitrogens is 4. The number of carbonyl (C=O) groups is 2. The molecule has 1 aliphatic rings. The number of hydrogen-bond donors (Lipinski definition) is 1. The molecule has 1 saturated carbocycles. The van der Waals surface area contributed by atoms with Crippen LogP contribution in [-0.2, 0) is 16.1 Å². The highest BCUT2D eigenvalue weighted by Crippen LogP contribution is 2.30. The minimum Gasteiger partial charge on any atom is -0.351 e. The third-order valence-corrected chi connectivity index (χ3v) is 6.61. The number of hydrogen-bond acceptors (Lipinski definition) is 5. The van der Waals surface area contributed by atoms with Crippen molar-refractivity contribution in [3.8, 4) is 11.4 Å². The lowest BCUT2D eigenvalue weighted by atomic mass is 10.0. The van der Waals surface area contributed by atoms with E-state index in [1.54, 1.807) is 6.07 Å². The number of amides is 2. The first-order chi connectivity index (χ1) is 18.9. The summed E-state index contributed by atoms with van der Waals surface area (Å²) in [4.78, 5) is 29.7. The van der Waals surface area contributed by atoms with Gasteiger partial charge in [-0.05, 0) is 72.1 Å². The zero-order valence-corrected chi connectivity index (χ0v) is 20.8. The zero-order chi connectivity index (χ0) is 27.4. The molecule has 1 aromatic heterocycles. The molecule has 5 rings (SSSR count). The van der Waals surface area contributed by atoms with Gasteiger partial charge in [0.05, 0.1) is 5.56 Å². The Morgan fingerprint density at radius 1 is 0.923 bits per heavy atom. The summed E-state index contributed by atoms with van der Waals surface area (Å²) in [5.74, 6) is -2.65. The molecule has 1 aliphatic carbocycles. The van der Waals surface area contributed by atoms with Gasteiger partial charge in [0, 0.05) is 11.7 Å². The Morgan fingerprint density at radius 3 is 2.23 bits per heavy atom. The molecule has 1 N–H and O–H groups in total. The van der Waals surface area contributed by atoms with Gasteiger partial charge in [0.15, 0.2) is 0 Å². The van der Waals surface area contributed by atoms with E-state index in [0.717, 1.165) is 30.5 Å².